The van der Waals surface area contributed by atoms with Crippen LogP contribution in [0.5, 0.6) is 11.5 Å². The maximum absolute atomic E-state index is 12.3. The molecule has 8 nitrogen and oxygen atoms in total. The first-order valence-electron chi connectivity index (χ1n) is 9.82. The van der Waals surface area contributed by atoms with Gasteiger partial charge >= 0.3 is 5.97 Å². The van der Waals surface area contributed by atoms with E-state index in [0.717, 1.165) is 24.4 Å². The van der Waals surface area contributed by atoms with E-state index >= 15 is 0 Å². The van der Waals surface area contributed by atoms with Gasteiger partial charge in [-0.05, 0) is 27.7 Å². The zero-order valence-electron chi connectivity index (χ0n) is 17.6. The smallest absolute Gasteiger partial charge is 0.331 e. The Morgan fingerprint density at radius 2 is 1.76 bits per heavy atom. The minimum atomic E-state index is -0.553. The van der Waals surface area contributed by atoms with Gasteiger partial charge < -0.3 is 29.2 Å². The Balaban J connectivity index is 2.20. The largest absolute Gasteiger partial charge is 0.492 e. The second kappa shape index (κ2) is 11.3. The van der Waals surface area contributed by atoms with E-state index in [1.54, 1.807) is 19.9 Å². The summed E-state index contributed by atoms with van der Waals surface area (Å²) in [6, 6.07) is 3.61. The Bertz CT molecular complexity index is 737. The predicted molar refractivity (Wildman–Crippen MR) is 111 cm³/mol. The SMILES string of the molecule is CCOc1cc(N2CCOCC2)c(OCC)cc1NC(=O)COC(=O)C=C(C)C. The number of carbonyl (C=O) groups is 2. The minimum Gasteiger partial charge on any atom is -0.492 e. The molecule has 0 aliphatic carbocycles. The van der Waals surface area contributed by atoms with Gasteiger partial charge in [0.15, 0.2) is 6.61 Å². The molecule has 8 heteroatoms. The molecule has 160 valence electrons. The molecule has 1 aromatic carbocycles. The fourth-order valence-electron chi connectivity index (χ4n) is 2.84. The van der Waals surface area contributed by atoms with Gasteiger partial charge in [0.1, 0.15) is 11.5 Å². The van der Waals surface area contributed by atoms with E-state index in [0.29, 0.717) is 43.6 Å². The first kappa shape index (κ1) is 22.5. The summed E-state index contributed by atoms with van der Waals surface area (Å²) < 4.78 is 21.9. The summed E-state index contributed by atoms with van der Waals surface area (Å²) in [6.07, 6.45) is 1.34. The molecule has 29 heavy (non-hydrogen) atoms. The van der Waals surface area contributed by atoms with Crippen molar-refractivity contribution in [3.63, 3.8) is 0 Å². The molecule has 1 fully saturated rings. The molecule has 0 atom stereocenters. The lowest BCUT2D eigenvalue weighted by Crippen LogP contribution is -2.36. The fourth-order valence-corrected chi connectivity index (χ4v) is 2.84. The fraction of sp³-hybridized carbons (Fsp3) is 0.524. The van der Waals surface area contributed by atoms with Crippen LogP contribution in [0.1, 0.15) is 27.7 Å². The van der Waals surface area contributed by atoms with Crippen molar-refractivity contribution < 1.29 is 28.5 Å². The number of nitrogens with one attached hydrogen (secondary N) is 1. The van der Waals surface area contributed by atoms with E-state index in [9.17, 15) is 9.59 Å². The van der Waals surface area contributed by atoms with Crippen LogP contribution in [-0.4, -0.2) is 58.0 Å². The number of hydrogen-bond donors (Lipinski definition) is 1. The van der Waals surface area contributed by atoms with Gasteiger partial charge in [-0.2, -0.15) is 0 Å². The van der Waals surface area contributed by atoms with E-state index in [-0.39, 0.29) is 6.61 Å². The Morgan fingerprint density at radius 3 is 2.38 bits per heavy atom. The van der Waals surface area contributed by atoms with Crippen molar-refractivity contribution in [1.82, 2.24) is 0 Å². The van der Waals surface area contributed by atoms with Crippen LogP contribution in [0.4, 0.5) is 11.4 Å². The number of anilines is 2. The van der Waals surface area contributed by atoms with Gasteiger partial charge in [-0.15, -0.1) is 0 Å². The van der Waals surface area contributed by atoms with E-state index < -0.39 is 11.9 Å². The number of carbonyl (C=O) groups excluding carboxylic acids is 2. The predicted octanol–water partition coefficient (Wildman–Crippen LogP) is 2.77. The molecule has 1 heterocycles. The van der Waals surface area contributed by atoms with E-state index in [2.05, 4.69) is 10.2 Å². The van der Waals surface area contributed by atoms with Crippen molar-refractivity contribution in [2.75, 3.05) is 56.3 Å². The highest BCUT2D eigenvalue weighted by Crippen LogP contribution is 2.39. The molecular formula is C21H30N2O6. The van der Waals surface area contributed by atoms with Crippen molar-refractivity contribution in [2.24, 2.45) is 0 Å². The number of allylic oxidation sites excluding steroid dienone is 1. The van der Waals surface area contributed by atoms with Crippen LogP contribution in [0.15, 0.2) is 23.8 Å². The molecule has 0 unspecified atom stereocenters. The molecule has 1 N–H and O–H groups in total. The van der Waals surface area contributed by atoms with Gasteiger partial charge in [-0.3, -0.25) is 4.79 Å². The number of benzene rings is 1. The summed E-state index contributed by atoms with van der Waals surface area (Å²) in [7, 11) is 0. The van der Waals surface area contributed by atoms with Gasteiger partial charge in [0, 0.05) is 31.3 Å². The van der Waals surface area contributed by atoms with Crippen LogP contribution in [-0.2, 0) is 19.1 Å². The minimum absolute atomic E-state index is 0.386. The first-order valence-corrected chi connectivity index (χ1v) is 9.82. The quantitative estimate of drug-likeness (QED) is 0.498. The molecular weight excluding hydrogens is 376 g/mol. The van der Waals surface area contributed by atoms with Crippen LogP contribution >= 0.6 is 0 Å². The van der Waals surface area contributed by atoms with Gasteiger partial charge in [0.2, 0.25) is 0 Å². The lowest BCUT2D eigenvalue weighted by atomic mass is 10.2. The molecule has 1 aliphatic rings. The highest BCUT2D eigenvalue weighted by molar-refractivity contribution is 5.95. The molecule has 0 spiro atoms. The molecule has 0 radical (unpaired) electrons. The Hall–Kier alpha value is -2.74. The normalized spacial score (nSPS) is 13.4. The Morgan fingerprint density at radius 1 is 1.10 bits per heavy atom. The van der Waals surface area contributed by atoms with Crippen molar-refractivity contribution in [3.8, 4) is 11.5 Å². The van der Waals surface area contributed by atoms with Crippen LogP contribution in [0.2, 0.25) is 0 Å². The monoisotopic (exact) mass is 406 g/mol. The molecule has 1 aromatic rings. The number of morpholine rings is 1. The summed E-state index contributed by atoms with van der Waals surface area (Å²) in [6.45, 7) is 10.7. The highest BCUT2D eigenvalue weighted by atomic mass is 16.5. The number of rotatable bonds is 9. The maximum atomic E-state index is 12.3. The van der Waals surface area contributed by atoms with Gasteiger partial charge in [-0.1, -0.05) is 5.57 Å². The van der Waals surface area contributed by atoms with Crippen LogP contribution in [0.3, 0.4) is 0 Å². The third kappa shape index (κ3) is 6.98. The van der Waals surface area contributed by atoms with Crippen LogP contribution in [0, 0.1) is 0 Å². The van der Waals surface area contributed by atoms with E-state index in [1.807, 2.05) is 19.9 Å². The van der Waals surface area contributed by atoms with Crippen molar-refractivity contribution in [1.29, 1.82) is 0 Å². The molecule has 0 saturated carbocycles. The zero-order chi connectivity index (χ0) is 21.2. The standard InChI is InChI=1S/C21H30N2O6/c1-5-27-18-13-17(23-7-9-26-10-8-23)19(28-6-2)12-16(18)22-20(24)14-29-21(25)11-15(3)4/h11-13H,5-10,14H2,1-4H3,(H,22,24). The van der Waals surface area contributed by atoms with E-state index in [4.69, 9.17) is 18.9 Å². The second-order valence-electron chi connectivity index (χ2n) is 6.66. The number of esters is 1. The maximum Gasteiger partial charge on any atom is 0.331 e. The average Bonchev–Trinajstić information content (AvgIpc) is 2.69. The molecule has 1 saturated heterocycles. The first-order chi connectivity index (χ1) is 13.9. The average molecular weight is 406 g/mol. The summed E-state index contributed by atoms with van der Waals surface area (Å²) in [4.78, 5) is 26.1. The number of nitrogens with zero attached hydrogens (tertiary/aromatic N) is 1. The Labute approximate surface area is 171 Å². The molecule has 0 aromatic heterocycles. The highest BCUT2D eigenvalue weighted by Gasteiger charge is 2.20. The number of hydrogen-bond acceptors (Lipinski definition) is 7. The van der Waals surface area contributed by atoms with Gasteiger partial charge in [0.25, 0.3) is 5.91 Å². The molecule has 0 bridgehead atoms. The summed E-state index contributed by atoms with van der Waals surface area (Å²) >= 11 is 0. The van der Waals surface area contributed by atoms with Gasteiger partial charge in [0.05, 0.1) is 37.8 Å². The summed E-state index contributed by atoms with van der Waals surface area (Å²) in [5, 5.41) is 2.75. The third-order valence-corrected chi connectivity index (χ3v) is 4.04. The number of ether oxygens (including phenoxy) is 4. The summed E-state index contributed by atoms with van der Waals surface area (Å²) in [5.74, 6) is 0.169. The lowest BCUT2D eigenvalue weighted by molar-refractivity contribution is -0.142. The molecule has 1 aliphatic heterocycles. The zero-order valence-corrected chi connectivity index (χ0v) is 17.6. The van der Waals surface area contributed by atoms with E-state index in [1.165, 1.54) is 6.08 Å². The lowest BCUT2D eigenvalue weighted by Gasteiger charge is -2.31. The van der Waals surface area contributed by atoms with Gasteiger partial charge in [-0.25, -0.2) is 4.79 Å². The topological polar surface area (TPSA) is 86.3 Å². The van der Waals surface area contributed by atoms with Crippen molar-refractivity contribution in [3.05, 3.63) is 23.8 Å². The second-order valence-corrected chi connectivity index (χ2v) is 6.66. The van der Waals surface area contributed by atoms with Crippen molar-refractivity contribution >= 4 is 23.3 Å². The van der Waals surface area contributed by atoms with Crippen LogP contribution in [0.25, 0.3) is 0 Å². The third-order valence-electron chi connectivity index (χ3n) is 4.04. The number of amides is 1. The van der Waals surface area contributed by atoms with Crippen LogP contribution < -0.4 is 19.7 Å². The summed E-state index contributed by atoms with van der Waals surface area (Å²) in [5.41, 5.74) is 2.16. The Kier molecular flexibility index (Phi) is 8.79. The van der Waals surface area contributed by atoms with Crippen molar-refractivity contribution in [2.45, 2.75) is 27.7 Å². The molecule has 2 rings (SSSR count). The molecule has 1 amide bonds.